The van der Waals surface area contributed by atoms with Crippen molar-refractivity contribution in [3.8, 4) is 0 Å². The molecule has 0 saturated carbocycles. The third kappa shape index (κ3) is 4.92. The van der Waals surface area contributed by atoms with Gasteiger partial charge in [-0.1, -0.05) is 30.3 Å². The van der Waals surface area contributed by atoms with Gasteiger partial charge in [-0.25, -0.2) is 19.2 Å². The third-order valence-electron chi connectivity index (χ3n) is 4.06. The fourth-order valence-electron chi connectivity index (χ4n) is 2.65. The second-order valence-electron chi connectivity index (χ2n) is 6.15. The fraction of sp³-hybridized carbons (Fsp3) is 0.143. The average molecular weight is 394 g/mol. The second-order valence-corrected chi connectivity index (χ2v) is 6.15. The maximum atomic E-state index is 13.8. The predicted octanol–water partition coefficient (Wildman–Crippen LogP) is 3.58. The van der Waals surface area contributed by atoms with Crippen molar-refractivity contribution in [3.63, 3.8) is 0 Å². The molecule has 0 fully saturated rings. The molecule has 1 heterocycles. The number of carbonyl (C=O) groups excluding carboxylic acids is 2. The number of rotatable bonds is 6. The number of halogens is 1. The number of ether oxygens (including phenoxy) is 1. The van der Waals surface area contributed by atoms with Gasteiger partial charge in [0, 0.05) is 17.8 Å². The Morgan fingerprint density at radius 1 is 1.07 bits per heavy atom. The zero-order valence-electron chi connectivity index (χ0n) is 15.9. The number of esters is 1. The van der Waals surface area contributed by atoms with Gasteiger partial charge in [0.25, 0.3) is 5.91 Å². The summed E-state index contributed by atoms with van der Waals surface area (Å²) in [6.07, 6.45) is 0. The number of nitrogens with zero attached hydrogens (tertiary/aromatic N) is 2. The number of aromatic nitrogens is 2. The largest absolute Gasteiger partial charge is 0.465 e. The summed E-state index contributed by atoms with van der Waals surface area (Å²) in [7, 11) is 1.27. The Hall–Kier alpha value is -3.81. The number of hydrogen-bond donors (Lipinski definition) is 2. The lowest BCUT2D eigenvalue weighted by atomic mass is 10.1. The topological polar surface area (TPSA) is 93.2 Å². The van der Waals surface area contributed by atoms with Crippen LogP contribution in [0.4, 0.5) is 16.0 Å². The molecular formula is C21H19FN4O3. The Labute approximate surface area is 167 Å². The van der Waals surface area contributed by atoms with Crippen molar-refractivity contribution < 1.29 is 18.7 Å². The van der Waals surface area contributed by atoms with Crippen molar-refractivity contribution in [2.75, 3.05) is 17.7 Å². The van der Waals surface area contributed by atoms with Gasteiger partial charge in [-0.2, -0.15) is 0 Å². The Morgan fingerprint density at radius 2 is 1.79 bits per heavy atom. The standard InChI is InChI=1S/C21H19FN4O3/c1-13-11-18(19(27)25-17-10-6-4-8-15(17)20(28)29-2)26-21(24-13)23-12-14-7-3-5-9-16(14)22/h3-11H,12H2,1-2H3,(H,25,27)(H,23,24,26). The van der Waals surface area contributed by atoms with Crippen LogP contribution in [0.2, 0.25) is 0 Å². The van der Waals surface area contributed by atoms with Crippen LogP contribution in [0.3, 0.4) is 0 Å². The van der Waals surface area contributed by atoms with Gasteiger partial charge in [-0.15, -0.1) is 0 Å². The van der Waals surface area contributed by atoms with Crippen molar-refractivity contribution in [2.24, 2.45) is 0 Å². The first-order chi connectivity index (χ1) is 14.0. The van der Waals surface area contributed by atoms with Crippen molar-refractivity contribution in [3.05, 3.63) is 82.9 Å². The van der Waals surface area contributed by atoms with Gasteiger partial charge in [-0.05, 0) is 31.2 Å². The van der Waals surface area contributed by atoms with E-state index < -0.39 is 11.9 Å². The average Bonchev–Trinajstić information content (AvgIpc) is 2.72. The Balaban J connectivity index is 1.78. The van der Waals surface area contributed by atoms with Crippen LogP contribution in [0.5, 0.6) is 0 Å². The van der Waals surface area contributed by atoms with Crippen LogP contribution in [-0.4, -0.2) is 29.0 Å². The van der Waals surface area contributed by atoms with E-state index in [2.05, 4.69) is 20.6 Å². The van der Waals surface area contributed by atoms with E-state index in [0.29, 0.717) is 16.9 Å². The van der Waals surface area contributed by atoms with Crippen LogP contribution in [0, 0.1) is 12.7 Å². The molecule has 0 saturated heterocycles. The van der Waals surface area contributed by atoms with Crippen molar-refractivity contribution in [1.82, 2.24) is 9.97 Å². The summed E-state index contributed by atoms with van der Waals surface area (Å²) in [5.74, 6) is -1.22. The molecule has 0 bridgehead atoms. The summed E-state index contributed by atoms with van der Waals surface area (Å²) in [4.78, 5) is 33.0. The molecule has 0 aliphatic rings. The first kappa shape index (κ1) is 19.9. The first-order valence-electron chi connectivity index (χ1n) is 8.79. The molecule has 0 spiro atoms. The Kier molecular flexibility index (Phi) is 6.13. The number of amides is 1. The van der Waals surface area contributed by atoms with Gasteiger partial charge in [0.2, 0.25) is 5.95 Å². The molecule has 0 aliphatic carbocycles. The summed E-state index contributed by atoms with van der Waals surface area (Å²) in [6.45, 7) is 1.89. The molecule has 0 unspecified atom stereocenters. The van der Waals surface area contributed by atoms with Crippen LogP contribution in [-0.2, 0) is 11.3 Å². The molecular weight excluding hydrogens is 375 g/mol. The van der Waals surface area contributed by atoms with Crippen LogP contribution in [0.25, 0.3) is 0 Å². The number of benzene rings is 2. The Morgan fingerprint density at radius 3 is 2.55 bits per heavy atom. The minimum Gasteiger partial charge on any atom is -0.465 e. The molecule has 7 nitrogen and oxygen atoms in total. The number of anilines is 2. The third-order valence-corrected chi connectivity index (χ3v) is 4.06. The van der Waals surface area contributed by atoms with Gasteiger partial charge in [0.15, 0.2) is 0 Å². The molecule has 2 N–H and O–H groups in total. The fourth-order valence-corrected chi connectivity index (χ4v) is 2.65. The molecule has 0 atom stereocenters. The van der Waals surface area contributed by atoms with E-state index in [1.54, 1.807) is 49.4 Å². The molecule has 1 amide bonds. The van der Waals surface area contributed by atoms with E-state index in [0.717, 1.165) is 0 Å². The lowest BCUT2D eigenvalue weighted by molar-refractivity contribution is 0.0602. The van der Waals surface area contributed by atoms with Crippen LogP contribution >= 0.6 is 0 Å². The summed E-state index contributed by atoms with van der Waals surface area (Å²) in [6, 6.07) is 14.4. The van der Waals surface area contributed by atoms with Crippen molar-refractivity contribution in [2.45, 2.75) is 13.5 Å². The monoisotopic (exact) mass is 394 g/mol. The van der Waals surface area contributed by atoms with Gasteiger partial charge < -0.3 is 15.4 Å². The molecule has 3 rings (SSSR count). The molecule has 0 aliphatic heterocycles. The van der Waals surface area contributed by atoms with Crippen LogP contribution in [0.15, 0.2) is 54.6 Å². The van der Waals surface area contributed by atoms with E-state index in [-0.39, 0.29) is 29.6 Å². The molecule has 0 radical (unpaired) electrons. The molecule has 1 aromatic heterocycles. The molecule has 3 aromatic rings. The summed E-state index contributed by atoms with van der Waals surface area (Å²) >= 11 is 0. The molecule has 29 heavy (non-hydrogen) atoms. The summed E-state index contributed by atoms with van der Waals surface area (Å²) in [5, 5.41) is 5.59. The predicted molar refractivity (Wildman–Crippen MR) is 106 cm³/mol. The van der Waals surface area contributed by atoms with E-state index in [1.165, 1.54) is 19.2 Å². The number of carbonyl (C=O) groups is 2. The van der Waals surface area contributed by atoms with E-state index in [1.807, 2.05) is 0 Å². The normalized spacial score (nSPS) is 10.3. The lowest BCUT2D eigenvalue weighted by Crippen LogP contribution is -2.18. The van der Waals surface area contributed by atoms with Crippen LogP contribution < -0.4 is 10.6 Å². The van der Waals surface area contributed by atoms with E-state index in [9.17, 15) is 14.0 Å². The number of methoxy groups -OCH3 is 1. The number of para-hydroxylation sites is 1. The number of nitrogens with one attached hydrogen (secondary N) is 2. The van der Waals surface area contributed by atoms with E-state index >= 15 is 0 Å². The Bertz CT molecular complexity index is 1060. The van der Waals surface area contributed by atoms with E-state index in [4.69, 9.17) is 4.74 Å². The highest BCUT2D eigenvalue weighted by Gasteiger charge is 2.16. The number of hydrogen-bond acceptors (Lipinski definition) is 6. The lowest BCUT2D eigenvalue weighted by Gasteiger charge is -2.11. The zero-order chi connectivity index (χ0) is 20.8. The maximum absolute atomic E-state index is 13.8. The minimum atomic E-state index is -0.563. The van der Waals surface area contributed by atoms with Crippen molar-refractivity contribution in [1.29, 1.82) is 0 Å². The van der Waals surface area contributed by atoms with Crippen LogP contribution in [0.1, 0.15) is 32.1 Å². The molecule has 2 aromatic carbocycles. The highest BCUT2D eigenvalue weighted by molar-refractivity contribution is 6.07. The minimum absolute atomic E-state index is 0.105. The highest BCUT2D eigenvalue weighted by atomic mass is 19.1. The molecule has 148 valence electrons. The number of aryl methyl sites for hydroxylation is 1. The van der Waals surface area contributed by atoms with Gasteiger partial charge >= 0.3 is 5.97 Å². The highest BCUT2D eigenvalue weighted by Crippen LogP contribution is 2.17. The smallest absolute Gasteiger partial charge is 0.339 e. The zero-order valence-corrected chi connectivity index (χ0v) is 15.9. The summed E-state index contributed by atoms with van der Waals surface area (Å²) in [5.41, 5.74) is 1.65. The van der Waals surface area contributed by atoms with Gasteiger partial charge in [0.1, 0.15) is 11.5 Å². The second kappa shape index (κ2) is 8.92. The first-order valence-corrected chi connectivity index (χ1v) is 8.79. The van der Waals surface area contributed by atoms with Crippen molar-refractivity contribution >= 4 is 23.5 Å². The van der Waals surface area contributed by atoms with Gasteiger partial charge in [0.05, 0.1) is 18.4 Å². The SMILES string of the molecule is COC(=O)c1ccccc1NC(=O)c1cc(C)nc(NCc2ccccc2F)n1. The summed E-state index contributed by atoms with van der Waals surface area (Å²) < 4.78 is 18.5. The van der Waals surface area contributed by atoms with Gasteiger partial charge in [-0.3, -0.25) is 4.79 Å². The molecule has 8 heteroatoms. The quantitative estimate of drug-likeness (QED) is 0.621. The maximum Gasteiger partial charge on any atom is 0.339 e.